The first-order valence-corrected chi connectivity index (χ1v) is 8.76. The van der Waals surface area contributed by atoms with E-state index in [9.17, 15) is 14.3 Å². The molecule has 144 valence electrons. The van der Waals surface area contributed by atoms with E-state index in [0.717, 1.165) is 0 Å². The molecule has 0 saturated carbocycles. The second-order valence-electron chi connectivity index (χ2n) is 7.30. The number of ether oxygens (including phenoxy) is 1. The fourth-order valence-corrected chi connectivity index (χ4v) is 3.34. The topological polar surface area (TPSA) is 91.3 Å². The molecule has 1 aliphatic heterocycles. The molecule has 0 atom stereocenters. The summed E-state index contributed by atoms with van der Waals surface area (Å²) in [6, 6.07) is 5.80. The standard InChI is InChI=1S/C20H19FN4O3/c1-3-18(27)25-9-20(2,10-25)11-28-17-7-15(23-19-13(17)8-22-24-19)12-4-5-16(26)14(21)6-12/h3-8,26H,1,9-11H2,2H3,(H,22,23,24). The molecule has 7 nitrogen and oxygen atoms in total. The van der Waals surface area contributed by atoms with Crippen LogP contribution >= 0.6 is 0 Å². The number of pyridine rings is 1. The van der Waals surface area contributed by atoms with Crippen LogP contribution < -0.4 is 4.74 Å². The van der Waals surface area contributed by atoms with Crippen molar-refractivity contribution < 1.29 is 19.0 Å². The number of nitrogens with one attached hydrogen (secondary N) is 1. The number of amides is 1. The summed E-state index contributed by atoms with van der Waals surface area (Å²) in [5.41, 5.74) is 1.35. The summed E-state index contributed by atoms with van der Waals surface area (Å²) in [5.74, 6) is -0.660. The number of hydrogen-bond acceptors (Lipinski definition) is 5. The predicted molar refractivity (Wildman–Crippen MR) is 101 cm³/mol. The number of fused-ring (bicyclic) bond motifs is 1. The van der Waals surface area contributed by atoms with Crippen molar-refractivity contribution in [3.63, 3.8) is 0 Å². The van der Waals surface area contributed by atoms with Crippen molar-refractivity contribution in [2.45, 2.75) is 6.92 Å². The van der Waals surface area contributed by atoms with Crippen molar-refractivity contribution >= 4 is 16.9 Å². The van der Waals surface area contributed by atoms with Gasteiger partial charge in [-0.1, -0.05) is 13.5 Å². The molecular formula is C20H19FN4O3. The van der Waals surface area contributed by atoms with Crippen LogP contribution in [-0.2, 0) is 4.79 Å². The third-order valence-electron chi connectivity index (χ3n) is 4.84. The lowest BCUT2D eigenvalue weighted by Gasteiger charge is -2.47. The highest BCUT2D eigenvalue weighted by Crippen LogP contribution is 2.34. The number of nitrogens with zero attached hydrogens (tertiary/aromatic N) is 3. The number of likely N-dealkylation sites (tertiary alicyclic amines) is 1. The number of carbonyl (C=O) groups is 1. The van der Waals surface area contributed by atoms with Crippen molar-refractivity contribution in [2.75, 3.05) is 19.7 Å². The second kappa shape index (κ2) is 6.63. The Morgan fingerprint density at radius 1 is 1.46 bits per heavy atom. The van der Waals surface area contributed by atoms with Crippen LogP contribution in [0.5, 0.6) is 11.5 Å². The largest absolute Gasteiger partial charge is 0.505 e. The first kappa shape index (κ1) is 18.0. The van der Waals surface area contributed by atoms with E-state index in [4.69, 9.17) is 4.74 Å². The van der Waals surface area contributed by atoms with Gasteiger partial charge in [-0.25, -0.2) is 9.37 Å². The lowest BCUT2D eigenvalue weighted by Crippen LogP contribution is -2.59. The van der Waals surface area contributed by atoms with Crippen LogP contribution in [0.4, 0.5) is 4.39 Å². The molecule has 4 rings (SSSR count). The van der Waals surface area contributed by atoms with Gasteiger partial charge in [0, 0.05) is 30.1 Å². The number of phenols is 1. The summed E-state index contributed by atoms with van der Waals surface area (Å²) in [5, 5.41) is 16.9. The number of halogens is 1. The molecule has 0 unspecified atom stereocenters. The van der Waals surface area contributed by atoms with Gasteiger partial charge in [-0.15, -0.1) is 0 Å². The van der Waals surface area contributed by atoms with Crippen molar-refractivity contribution in [1.29, 1.82) is 0 Å². The summed E-state index contributed by atoms with van der Waals surface area (Å²) in [7, 11) is 0. The van der Waals surface area contributed by atoms with Gasteiger partial charge in [-0.05, 0) is 24.3 Å². The molecule has 0 spiro atoms. The molecule has 8 heteroatoms. The zero-order valence-corrected chi connectivity index (χ0v) is 15.3. The first-order valence-electron chi connectivity index (χ1n) is 8.76. The van der Waals surface area contributed by atoms with Gasteiger partial charge in [-0.3, -0.25) is 9.89 Å². The van der Waals surface area contributed by atoms with E-state index in [2.05, 4.69) is 21.8 Å². The highest BCUT2D eigenvalue weighted by Gasteiger charge is 2.41. The minimum Gasteiger partial charge on any atom is -0.505 e. The number of phenolic OH excluding ortho intramolecular Hbond substituents is 1. The van der Waals surface area contributed by atoms with Gasteiger partial charge in [0.1, 0.15) is 5.75 Å². The summed E-state index contributed by atoms with van der Waals surface area (Å²) in [4.78, 5) is 17.8. The molecule has 1 fully saturated rings. The molecule has 3 heterocycles. The van der Waals surface area contributed by atoms with Gasteiger partial charge >= 0.3 is 0 Å². The molecule has 2 N–H and O–H groups in total. The molecule has 0 radical (unpaired) electrons. The Balaban J connectivity index is 1.59. The fourth-order valence-electron chi connectivity index (χ4n) is 3.34. The Kier molecular flexibility index (Phi) is 4.26. The van der Waals surface area contributed by atoms with Crippen LogP contribution in [0.2, 0.25) is 0 Å². The van der Waals surface area contributed by atoms with Gasteiger partial charge in [-0.2, -0.15) is 5.10 Å². The molecule has 1 saturated heterocycles. The van der Waals surface area contributed by atoms with Gasteiger partial charge in [0.15, 0.2) is 17.2 Å². The van der Waals surface area contributed by atoms with Crippen molar-refractivity contribution in [2.24, 2.45) is 5.41 Å². The molecule has 28 heavy (non-hydrogen) atoms. The van der Waals surface area contributed by atoms with Crippen LogP contribution in [0.3, 0.4) is 0 Å². The van der Waals surface area contributed by atoms with Crippen molar-refractivity contribution in [3.8, 4) is 22.8 Å². The molecule has 0 bridgehead atoms. The Morgan fingerprint density at radius 3 is 2.96 bits per heavy atom. The fraction of sp³-hybridized carbons (Fsp3) is 0.250. The van der Waals surface area contributed by atoms with Crippen LogP contribution in [0, 0.1) is 11.2 Å². The maximum absolute atomic E-state index is 13.7. The number of H-pyrrole nitrogens is 1. The van der Waals surface area contributed by atoms with Crippen LogP contribution in [-0.4, -0.2) is 50.8 Å². The lowest BCUT2D eigenvalue weighted by atomic mass is 9.83. The number of hydrogen-bond donors (Lipinski definition) is 2. The number of rotatable bonds is 5. The van der Waals surface area contributed by atoms with E-state index in [1.165, 1.54) is 18.2 Å². The van der Waals surface area contributed by atoms with Crippen LogP contribution in [0.15, 0.2) is 43.1 Å². The summed E-state index contributed by atoms with van der Waals surface area (Å²) >= 11 is 0. The van der Waals surface area contributed by atoms with E-state index in [1.54, 1.807) is 23.2 Å². The van der Waals surface area contributed by atoms with Gasteiger partial charge in [0.05, 0.1) is 23.9 Å². The maximum atomic E-state index is 13.7. The van der Waals surface area contributed by atoms with E-state index in [1.807, 2.05) is 6.92 Å². The number of aromatic hydroxyl groups is 1. The summed E-state index contributed by atoms with van der Waals surface area (Å²) < 4.78 is 19.8. The second-order valence-corrected chi connectivity index (χ2v) is 7.30. The maximum Gasteiger partial charge on any atom is 0.245 e. The van der Waals surface area contributed by atoms with Crippen LogP contribution in [0.25, 0.3) is 22.3 Å². The Morgan fingerprint density at radius 2 is 2.25 bits per heavy atom. The minimum absolute atomic E-state index is 0.0877. The van der Waals surface area contributed by atoms with Crippen molar-refractivity contribution in [3.05, 3.63) is 48.9 Å². The average molecular weight is 382 g/mol. The van der Waals surface area contributed by atoms with Gasteiger partial charge in [0.2, 0.25) is 5.91 Å². The molecule has 1 aromatic carbocycles. The smallest absolute Gasteiger partial charge is 0.245 e. The summed E-state index contributed by atoms with van der Waals surface area (Å²) in [6.45, 7) is 7.13. The third kappa shape index (κ3) is 3.17. The molecule has 1 aliphatic rings. The molecule has 2 aromatic heterocycles. The highest BCUT2D eigenvalue weighted by molar-refractivity contribution is 5.88. The molecule has 3 aromatic rings. The number of aromatic amines is 1. The monoisotopic (exact) mass is 382 g/mol. The van der Waals surface area contributed by atoms with E-state index >= 15 is 0 Å². The quantitative estimate of drug-likeness (QED) is 0.662. The molecule has 1 amide bonds. The van der Waals surface area contributed by atoms with E-state index in [-0.39, 0.29) is 11.3 Å². The third-order valence-corrected chi connectivity index (χ3v) is 4.84. The SMILES string of the molecule is C=CC(=O)N1CC(C)(COc2cc(-c3ccc(O)c(F)c3)nc3[nH]ncc23)C1. The molecule has 0 aliphatic carbocycles. The summed E-state index contributed by atoms with van der Waals surface area (Å²) in [6.07, 6.45) is 2.93. The zero-order chi connectivity index (χ0) is 19.9. The van der Waals surface area contributed by atoms with Crippen LogP contribution in [0.1, 0.15) is 6.92 Å². The van der Waals surface area contributed by atoms with E-state index < -0.39 is 11.6 Å². The van der Waals surface area contributed by atoms with Crippen molar-refractivity contribution in [1.82, 2.24) is 20.1 Å². The Bertz CT molecular complexity index is 1070. The normalized spacial score (nSPS) is 15.3. The minimum atomic E-state index is -0.722. The predicted octanol–water partition coefficient (Wildman–Crippen LogP) is 2.88. The number of aromatic nitrogens is 3. The Labute approximate surface area is 160 Å². The Hall–Kier alpha value is -3.42. The van der Waals surface area contributed by atoms with E-state index in [0.29, 0.717) is 47.7 Å². The average Bonchev–Trinajstić information content (AvgIpc) is 3.14. The zero-order valence-electron chi connectivity index (χ0n) is 15.3. The lowest BCUT2D eigenvalue weighted by molar-refractivity contribution is -0.138. The number of benzene rings is 1. The van der Waals surface area contributed by atoms with Gasteiger partial charge < -0.3 is 14.7 Å². The molecular weight excluding hydrogens is 363 g/mol. The number of carbonyl (C=O) groups excluding carboxylic acids is 1. The van der Waals surface area contributed by atoms with Gasteiger partial charge in [0.25, 0.3) is 0 Å². The highest BCUT2D eigenvalue weighted by atomic mass is 19.1. The first-order chi connectivity index (χ1) is 13.4.